The fourth-order valence-corrected chi connectivity index (χ4v) is 1.51. The van der Waals surface area contributed by atoms with E-state index < -0.39 is 0 Å². The van der Waals surface area contributed by atoms with Gasteiger partial charge in [0.25, 0.3) is 5.56 Å². The zero-order valence-electron chi connectivity index (χ0n) is 8.14. The van der Waals surface area contributed by atoms with Gasteiger partial charge in [0.1, 0.15) is 5.15 Å². The van der Waals surface area contributed by atoms with E-state index >= 15 is 0 Å². The van der Waals surface area contributed by atoms with Gasteiger partial charge in [-0.05, 0) is 29.3 Å². The standard InChI is InChI=1S/C11H9ClN2O/c1-14-10(12)6-9(7-11(14)15)8-2-4-13-5-3-8/h2-7H,1H3. The van der Waals surface area contributed by atoms with Crippen molar-refractivity contribution in [3.8, 4) is 11.1 Å². The van der Waals surface area contributed by atoms with Crippen LogP contribution in [0.3, 0.4) is 0 Å². The summed E-state index contributed by atoms with van der Waals surface area (Å²) in [6, 6.07) is 7.00. The van der Waals surface area contributed by atoms with Gasteiger partial charge in [-0.1, -0.05) is 11.6 Å². The first-order valence-corrected chi connectivity index (χ1v) is 4.83. The molecule has 2 aromatic heterocycles. The first kappa shape index (κ1) is 9.93. The molecule has 76 valence electrons. The second kappa shape index (κ2) is 3.87. The number of halogens is 1. The maximum absolute atomic E-state index is 11.5. The van der Waals surface area contributed by atoms with Gasteiger partial charge in [-0.15, -0.1) is 0 Å². The van der Waals surface area contributed by atoms with Gasteiger partial charge in [0.05, 0.1) is 0 Å². The minimum Gasteiger partial charge on any atom is -0.302 e. The van der Waals surface area contributed by atoms with Crippen LogP contribution in [0.1, 0.15) is 0 Å². The molecule has 15 heavy (non-hydrogen) atoms. The van der Waals surface area contributed by atoms with Crippen LogP contribution in [-0.4, -0.2) is 9.55 Å². The third-order valence-electron chi connectivity index (χ3n) is 2.22. The van der Waals surface area contributed by atoms with Crippen LogP contribution in [0.2, 0.25) is 5.15 Å². The lowest BCUT2D eigenvalue weighted by Crippen LogP contribution is -2.15. The van der Waals surface area contributed by atoms with Crippen LogP contribution >= 0.6 is 11.6 Å². The average molecular weight is 221 g/mol. The highest BCUT2D eigenvalue weighted by molar-refractivity contribution is 6.29. The minimum absolute atomic E-state index is 0.116. The molecule has 3 nitrogen and oxygen atoms in total. The number of rotatable bonds is 1. The van der Waals surface area contributed by atoms with Crippen LogP contribution in [0.5, 0.6) is 0 Å². The normalized spacial score (nSPS) is 10.3. The summed E-state index contributed by atoms with van der Waals surface area (Å²) in [4.78, 5) is 15.4. The van der Waals surface area contributed by atoms with E-state index in [0.29, 0.717) is 5.15 Å². The Bertz CT molecular complexity index is 534. The quantitative estimate of drug-likeness (QED) is 0.690. The Morgan fingerprint density at radius 2 is 1.87 bits per heavy atom. The molecule has 0 N–H and O–H groups in total. The van der Waals surface area contributed by atoms with Gasteiger partial charge in [-0.2, -0.15) is 0 Å². The summed E-state index contributed by atoms with van der Waals surface area (Å²) in [5.74, 6) is 0. The summed E-state index contributed by atoms with van der Waals surface area (Å²) in [6.07, 6.45) is 3.36. The molecular weight excluding hydrogens is 212 g/mol. The average Bonchev–Trinajstić information content (AvgIpc) is 2.26. The Labute approximate surface area is 92.0 Å². The zero-order chi connectivity index (χ0) is 10.8. The van der Waals surface area contributed by atoms with Gasteiger partial charge in [0, 0.05) is 25.5 Å². The fraction of sp³-hybridized carbons (Fsp3) is 0.0909. The molecular formula is C11H9ClN2O. The van der Waals surface area contributed by atoms with E-state index in [9.17, 15) is 4.79 Å². The van der Waals surface area contributed by atoms with E-state index in [1.165, 1.54) is 4.57 Å². The van der Waals surface area contributed by atoms with Crippen molar-refractivity contribution in [3.63, 3.8) is 0 Å². The van der Waals surface area contributed by atoms with E-state index in [1.54, 1.807) is 31.6 Å². The molecule has 0 spiro atoms. The predicted octanol–water partition coefficient (Wildman–Crippen LogP) is 2.10. The largest absolute Gasteiger partial charge is 0.302 e. The lowest BCUT2D eigenvalue weighted by Gasteiger charge is -2.04. The molecule has 0 amide bonds. The Balaban J connectivity index is 2.61. The van der Waals surface area contributed by atoms with Crippen LogP contribution in [0.4, 0.5) is 0 Å². The van der Waals surface area contributed by atoms with E-state index in [1.807, 2.05) is 12.1 Å². The minimum atomic E-state index is -0.116. The third-order valence-corrected chi connectivity index (χ3v) is 2.58. The third kappa shape index (κ3) is 1.92. The maximum atomic E-state index is 11.5. The van der Waals surface area contributed by atoms with E-state index in [0.717, 1.165) is 11.1 Å². The van der Waals surface area contributed by atoms with Gasteiger partial charge in [0.2, 0.25) is 0 Å². The van der Waals surface area contributed by atoms with E-state index in [2.05, 4.69) is 4.98 Å². The molecule has 0 aromatic carbocycles. The molecule has 4 heteroatoms. The summed E-state index contributed by atoms with van der Waals surface area (Å²) in [6.45, 7) is 0. The molecule has 0 saturated heterocycles. The van der Waals surface area contributed by atoms with E-state index in [4.69, 9.17) is 11.6 Å². The number of aromatic nitrogens is 2. The Kier molecular flexibility index (Phi) is 2.56. The molecule has 0 atom stereocenters. The highest BCUT2D eigenvalue weighted by atomic mass is 35.5. The monoisotopic (exact) mass is 220 g/mol. The molecule has 0 unspecified atom stereocenters. The maximum Gasteiger partial charge on any atom is 0.252 e. The summed E-state index contributed by atoms with van der Waals surface area (Å²) >= 11 is 5.92. The van der Waals surface area contributed by atoms with Crippen molar-refractivity contribution < 1.29 is 0 Å². The number of nitrogens with zero attached hydrogens (tertiary/aromatic N) is 2. The lowest BCUT2D eigenvalue weighted by molar-refractivity contribution is 0.862. The molecule has 0 aliphatic rings. The molecule has 0 fully saturated rings. The van der Waals surface area contributed by atoms with Gasteiger partial charge < -0.3 is 4.57 Å². The summed E-state index contributed by atoms with van der Waals surface area (Å²) < 4.78 is 1.40. The molecule has 2 aromatic rings. The first-order valence-electron chi connectivity index (χ1n) is 4.45. The molecule has 0 aliphatic heterocycles. The lowest BCUT2D eigenvalue weighted by atomic mass is 10.1. The summed E-state index contributed by atoms with van der Waals surface area (Å²) in [7, 11) is 1.64. The summed E-state index contributed by atoms with van der Waals surface area (Å²) in [5.41, 5.74) is 1.63. The number of hydrogen-bond donors (Lipinski definition) is 0. The zero-order valence-corrected chi connectivity index (χ0v) is 8.90. The molecule has 0 aliphatic carbocycles. The van der Waals surface area contributed by atoms with Crippen molar-refractivity contribution in [1.29, 1.82) is 0 Å². The summed E-state index contributed by atoms with van der Waals surface area (Å²) in [5, 5.41) is 0.425. The number of hydrogen-bond acceptors (Lipinski definition) is 2. The second-order valence-electron chi connectivity index (χ2n) is 3.20. The van der Waals surface area contributed by atoms with Gasteiger partial charge in [-0.3, -0.25) is 9.78 Å². The van der Waals surface area contributed by atoms with Gasteiger partial charge in [0.15, 0.2) is 0 Å². The fourth-order valence-electron chi connectivity index (χ4n) is 1.31. The van der Waals surface area contributed by atoms with Gasteiger partial charge >= 0.3 is 0 Å². The van der Waals surface area contributed by atoms with Crippen molar-refractivity contribution in [3.05, 3.63) is 52.2 Å². The molecule has 0 bridgehead atoms. The van der Waals surface area contributed by atoms with Crippen LogP contribution in [0, 0.1) is 0 Å². The Morgan fingerprint density at radius 3 is 2.47 bits per heavy atom. The van der Waals surface area contributed by atoms with Gasteiger partial charge in [-0.25, -0.2) is 0 Å². The Morgan fingerprint density at radius 1 is 1.20 bits per heavy atom. The van der Waals surface area contributed by atoms with Crippen molar-refractivity contribution in [1.82, 2.24) is 9.55 Å². The van der Waals surface area contributed by atoms with Crippen LogP contribution < -0.4 is 5.56 Å². The Hall–Kier alpha value is -1.61. The smallest absolute Gasteiger partial charge is 0.252 e. The predicted molar refractivity (Wildman–Crippen MR) is 59.9 cm³/mol. The second-order valence-corrected chi connectivity index (χ2v) is 3.59. The van der Waals surface area contributed by atoms with Crippen molar-refractivity contribution in [2.75, 3.05) is 0 Å². The van der Waals surface area contributed by atoms with Crippen LogP contribution in [-0.2, 0) is 7.05 Å². The molecule has 2 heterocycles. The van der Waals surface area contributed by atoms with Crippen LogP contribution in [0.25, 0.3) is 11.1 Å². The van der Waals surface area contributed by atoms with Crippen molar-refractivity contribution in [2.24, 2.45) is 7.05 Å². The van der Waals surface area contributed by atoms with Crippen molar-refractivity contribution in [2.45, 2.75) is 0 Å². The molecule has 0 saturated carbocycles. The highest BCUT2D eigenvalue weighted by Gasteiger charge is 2.02. The molecule has 0 radical (unpaired) electrons. The van der Waals surface area contributed by atoms with Crippen molar-refractivity contribution >= 4 is 11.6 Å². The topological polar surface area (TPSA) is 34.9 Å². The molecule has 2 rings (SSSR count). The number of pyridine rings is 2. The highest BCUT2D eigenvalue weighted by Crippen LogP contribution is 2.19. The first-order chi connectivity index (χ1) is 7.18. The SMILES string of the molecule is Cn1c(Cl)cc(-c2ccncc2)cc1=O. The van der Waals surface area contributed by atoms with Crippen LogP contribution in [0.15, 0.2) is 41.5 Å². The van der Waals surface area contributed by atoms with E-state index in [-0.39, 0.29) is 5.56 Å².